The Hall–Kier alpha value is -4.96. The summed E-state index contributed by atoms with van der Waals surface area (Å²) in [6.45, 7) is 4.02. The summed E-state index contributed by atoms with van der Waals surface area (Å²) in [5, 5.41) is 6.35. The zero-order valence-corrected chi connectivity index (χ0v) is 21.9. The molecule has 202 valence electrons. The number of furan rings is 2. The summed E-state index contributed by atoms with van der Waals surface area (Å²) < 4.78 is 11.0. The van der Waals surface area contributed by atoms with Gasteiger partial charge >= 0.3 is 5.91 Å². The van der Waals surface area contributed by atoms with Crippen molar-refractivity contribution in [2.24, 2.45) is 5.18 Å². The molecule has 0 aliphatic carbocycles. The number of fused-ring (bicyclic) bond motifs is 1. The number of rotatable bonds is 6. The van der Waals surface area contributed by atoms with Crippen LogP contribution in [0, 0.1) is 4.91 Å². The monoisotopic (exact) mass is 537 g/mol. The third kappa shape index (κ3) is 4.69. The Kier molecular flexibility index (Phi) is 6.75. The van der Waals surface area contributed by atoms with Crippen molar-refractivity contribution in [3.05, 3.63) is 101 Å². The molecule has 2 aromatic carbocycles. The third-order valence-electron chi connectivity index (χ3n) is 7.19. The quantitative estimate of drug-likeness (QED) is 0.193. The summed E-state index contributed by atoms with van der Waals surface area (Å²) >= 11 is 0. The molecule has 0 unspecified atom stereocenters. The average Bonchev–Trinajstić information content (AvgIpc) is 3.72. The van der Waals surface area contributed by atoms with Gasteiger partial charge in [0.25, 0.3) is 5.91 Å². The second kappa shape index (κ2) is 10.7. The van der Waals surface area contributed by atoms with Gasteiger partial charge in [0, 0.05) is 36.6 Å². The first-order valence-corrected chi connectivity index (χ1v) is 13.0. The standard InChI is InChI=1S/C30H27N5O5/c1-33-13-4-14-34(16-15-33)22-10-7-20(8-11-22)31-28(25-5-2-17-39-25)27-23-12-9-21(32-38)19-24(23)35(30(27)37)29(36)26-6-3-18-40-26/h2-3,5-12,17-19,31H,4,13-16H2,1H3/b28-27-. The van der Waals surface area contributed by atoms with E-state index in [1.54, 1.807) is 24.3 Å². The molecule has 0 bridgehead atoms. The molecule has 0 spiro atoms. The summed E-state index contributed by atoms with van der Waals surface area (Å²) in [6, 6.07) is 19.1. The minimum Gasteiger partial charge on any atom is -0.463 e. The number of hydrogen-bond donors (Lipinski definition) is 1. The van der Waals surface area contributed by atoms with E-state index in [1.807, 2.05) is 12.1 Å². The number of carbonyl (C=O) groups is 2. The summed E-state index contributed by atoms with van der Waals surface area (Å²) in [6.07, 6.45) is 3.97. The fourth-order valence-electron chi connectivity index (χ4n) is 5.14. The second-order valence-corrected chi connectivity index (χ2v) is 9.76. The highest BCUT2D eigenvalue weighted by Crippen LogP contribution is 2.43. The van der Waals surface area contributed by atoms with Crippen molar-refractivity contribution in [3.63, 3.8) is 0 Å². The fraction of sp³-hybridized carbons (Fsp3) is 0.200. The Labute approximate surface area is 230 Å². The number of anilines is 3. The average molecular weight is 538 g/mol. The summed E-state index contributed by atoms with van der Waals surface area (Å²) in [4.78, 5) is 44.3. The molecule has 0 atom stereocenters. The zero-order chi connectivity index (χ0) is 27.6. The lowest BCUT2D eigenvalue weighted by atomic mass is 10.0. The number of benzene rings is 2. The maximum Gasteiger partial charge on any atom is 0.301 e. The Bertz CT molecular complexity index is 1580. The smallest absolute Gasteiger partial charge is 0.301 e. The fourth-order valence-corrected chi connectivity index (χ4v) is 5.14. The molecule has 6 rings (SSSR count). The van der Waals surface area contributed by atoms with Crippen LogP contribution < -0.4 is 15.1 Å². The van der Waals surface area contributed by atoms with Gasteiger partial charge in [-0.25, -0.2) is 4.90 Å². The molecule has 1 fully saturated rings. The van der Waals surface area contributed by atoms with Crippen LogP contribution in [0.2, 0.25) is 0 Å². The molecule has 0 saturated carbocycles. The van der Waals surface area contributed by atoms with E-state index in [9.17, 15) is 14.5 Å². The Morgan fingerprint density at radius 3 is 2.35 bits per heavy atom. The van der Waals surface area contributed by atoms with Crippen molar-refractivity contribution in [3.8, 4) is 0 Å². The maximum absolute atomic E-state index is 13.9. The minimum atomic E-state index is -0.652. The van der Waals surface area contributed by atoms with E-state index < -0.39 is 11.8 Å². The van der Waals surface area contributed by atoms with E-state index in [0.29, 0.717) is 17.0 Å². The van der Waals surface area contributed by atoms with Gasteiger partial charge in [-0.3, -0.25) is 9.59 Å². The Morgan fingerprint density at radius 2 is 1.65 bits per heavy atom. The lowest BCUT2D eigenvalue weighted by molar-refractivity contribution is -0.112. The highest BCUT2D eigenvalue weighted by molar-refractivity contribution is 6.45. The number of amides is 2. The Morgan fingerprint density at radius 1 is 0.900 bits per heavy atom. The van der Waals surface area contributed by atoms with Crippen LogP contribution in [-0.2, 0) is 4.79 Å². The topological polar surface area (TPSA) is 112 Å². The number of nitrogens with zero attached hydrogens (tertiary/aromatic N) is 4. The molecule has 40 heavy (non-hydrogen) atoms. The summed E-state index contributed by atoms with van der Waals surface area (Å²) in [5.41, 5.74) is 3.27. The molecule has 10 heteroatoms. The van der Waals surface area contributed by atoms with Gasteiger partial charge in [0.2, 0.25) is 0 Å². The summed E-state index contributed by atoms with van der Waals surface area (Å²) in [5.74, 6) is -0.823. The first kappa shape index (κ1) is 25.3. The van der Waals surface area contributed by atoms with E-state index in [1.165, 1.54) is 30.7 Å². The first-order valence-electron chi connectivity index (χ1n) is 13.0. The van der Waals surface area contributed by atoms with Crippen molar-refractivity contribution < 1.29 is 18.4 Å². The van der Waals surface area contributed by atoms with Gasteiger partial charge in [0.1, 0.15) is 5.69 Å². The highest BCUT2D eigenvalue weighted by Gasteiger charge is 2.41. The molecule has 2 aliphatic rings. The van der Waals surface area contributed by atoms with Crippen LogP contribution in [0.25, 0.3) is 11.3 Å². The van der Waals surface area contributed by atoms with Gasteiger partial charge in [0.05, 0.1) is 29.5 Å². The molecule has 0 radical (unpaired) electrons. The minimum absolute atomic E-state index is 0.00665. The second-order valence-electron chi connectivity index (χ2n) is 9.76. The molecule has 4 heterocycles. The number of carbonyl (C=O) groups excluding carboxylic acids is 2. The van der Waals surface area contributed by atoms with E-state index in [4.69, 9.17) is 8.83 Å². The van der Waals surface area contributed by atoms with Crippen LogP contribution in [-0.4, -0.2) is 49.9 Å². The molecule has 2 amide bonds. The van der Waals surface area contributed by atoms with Gasteiger partial charge in [-0.2, -0.15) is 0 Å². The van der Waals surface area contributed by atoms with Crippen molar-refractivity contribution in [1.29, 1.82) is 0 Å². The van der Waals surface area contributed by atoms with Crippen LogP contribution >= 0.6 is 0 Å². The molecular formula is C30H27N5O5. The molecule has 2 aliphatic heterocycles. The zero-order valence-electron chi connectivity index (χ0n) is 21.9. The molecule has 4 aromatic rings. The van der Waals surface area contributed by atoms with Crippen molar-refractivity contribution in [2.45, 2.75) is 6.42 Å². The summed E-state index contributed by atoms with van der Waals surface area (Å²) in [7, 11) is 2.14. The van der Waals surface area contributed by atoms with Gasteiger partial charge in [-0.1, -0.05) is 0 Å². The lowest BCUT2D eigenvalue weighted by Crippen LogP contribution is -2.33. The van der Waals surface area contributed by atoms with Crippen LogP contribution in [0.5, 0.6) is 0 Å². The molecule has 1 N–H and O–H groups in total. The lowest BCUT2D eigenvalue weighted by Gasteiger charge is -2.23. The SMILES string of the molecule is CN1CCCN(c2ccc(N/C(=C3\C(=O)N(C(=O)c4ccco4)c4cc(N=O)ccc43)c3ccco3)cc2)CC1. The van der Waals surface area contributed by atoms with Gasteiger partial charge in [0.15, 0.2) is 11.5 Å². The predicted molar refractivity (Wildman–Crippen MR) is 152 cm³/mol. The van der Waals surface area contributed by atoms with Gasteiger partial charge < -0.3 is 24.0 Å². The van der Waals surface area contributed by atoms with Crippen LogP contribution in [0.15, 0.2) is 93.3 Å². The van der Waals surface area contributed by atoms with E-state index in [0.717, 1.165) is 48.9 Å². The number of nitrogens with one attached hydrogen (secondary N) is 1. The van der Waals surface area contributed by atoms with E-state index in [-0.39, 0.29) is 22.7 Å². The van der Waals surface area contributed by atoms with Gasteiger partial charge in [-0.15, -0.1) is 4.91 Å². The van der Waals surface area contributed by atoms with Crippen molar-refractivity contribution >= 4 is 45.8 Å². The van der Waals surface area contributed by atoms with E-state index >= 15 is 0 Å². The number of likely N-dealkylation sites (N-methyl/N-ethyl adjacent to an activating group) is 1. The molecule has 2 aromatic heterocycles. The number of nitroso groups, excluding NO2 is 1. The normalized spacial score (nSPS) is 17.0. The predicted octanol–water partition coefficient (Wildman–Crippen LogP) is 5.58. The Balaban J connectivity index is 1.40. The van der Waals surface area contributed by atoms with E-state index in [2.05, 4.69) is 39.5 Å². The van der Waals surface area contributed by atoms with Crippen molar-refractivity contribution in [1.82, 2.24) is 4.90 Å². The third-order valence-corrected chi connectivity index (χ3v) is 7.19. The maximum atomic E-state index is 13.9. The first-order chi connectivity index (χ1) is 19.5. The highest BCUT2D eigenvalue weighted by atomic mass is 16.3. The van der Waals surface area contributed by atoms with Gasteiger partial charge in [-0.05, 0) is 91.9 Å². The van der Waals surface area contributed by atoms with Crippen LogP contribution in [0.1, 0.15) is 28.3 Å². The van der Waals surface area contributed by atoms with Crippen LogP contribution in [0.3, 0.4) is 0 Å². The molecule has 1 saturated heterocycles. The molecular weight excluding hydrogens is 510 g/mol. The molecule has 10 nitrogen and oxygen atoms in total. The largest absolute Gasteiger partial charge is 0.463 e. The number of hydrogen-bond acceptors (Lipinski definition) is 9. The van der Waals surface area contributed by atoms with Crippen LogP contribution in [0.4, 0.5) is 22.7 Å². The number of imide groups is 1. The van der Waals surface area contributed by atoms with Crippen molar-refractivity contribution in [2.75, 3.05) is 48.3 Å².